The standard InChI is InChI=1S/C14H28N2O3S/c1-14(2,3)20(17,18)8-6-15-9-13-10-16-7-4-5-12(16)11-19-13/h12-13,15H,4-11H2,1-3H3. The average Bonchev–Trinajstić information content (AvgIpc) is 2.80. The first-order chi connectivity index (χ1) is 9.29. The number of nitrogens with zero attached hydrogens (tertiary/aromatic N) is 1. The molecular formula is C14H28N2O3S. The van der Waals surface area contributed by atoms with Gasteiger partial charge >= 0.3 is 0 Å². The third kappa shape index (κ3) is 3.93. The van der Waals surface area contributed by atoms with Gasteiger partial charge in [0.25, 0.3) is 0 Å². The highest BCUT2D eigenvalue weighted by Gasteiger charge is 2.32. The lowest BCUT2D eigenvalue weighted by molar-refractivity contribution is -0.0467. The number of rotatable bonds is 5. The predicted molar refractivity (Wildman–Crippen MR) is 80.7 cm³/mol. The van der Waals surface area contributed by atoms with E-state index < -0.39 is 14.6 Å². The molecule has 0 spiro atoms. The maximum atomic E-state index is 12.0. The normalized spacial score (nSPS) is 28.6. The molecule has 0 aromatic heterocycles. The molecule has 118 valence electrons. The molecule has 2 aliphatic heterocycles. The third-order valence-corrected chi connectivity index (χ3v) is 6.92. The van der Waals surface area contributed by atoms with Gasteiger partial charge in [-0.15, -0.1) is 0 Å². The van der Waals surface area contributed by atoms with Gasteiger partial charge in [-0.2, -0.15) is 0 Å². The molecule has 0 aliphatic carbocycles. The van der Waals surface area contributed by atoms with Gasteiger partial charge in [0, 0.05) is 25.7 Å². The van der Waals surface area contributed by atoms with E-state index in [2.05, 4.69) is 10.2 Å². The second-order valence-electron chi connectivity index (χ2n) is 6.88. The zero-order valence-corrected chi connectivity index (χ0v) is 13.7. The van der Waals surface area contributed by atoms with Crippen LogP contribution in [0.4, 0.5) is 0 Å². The minimum absolute atomic E-state index is 0.190. The summed E-state index contributed by atoms with van der Waals surface area (Å²) >= 11 is 0. The topological polar surface area (TPSA) is 58.6 Å². The molecule has 2 fully saturated rings. The van der Waals surface area contributed by atoms with E-state index in [-0.39, 0.29) is 11.9 Å². The van der Waals surface area contributed by atoms with E-state index >= 15 is 0 Å². The fourth-order valence-electron chi connectivity index (χ4n) is 2.78. The molecule has 0 saturated carbocycles. The maximum absolute atomic E-state index is 12.0. The summed E-state index contributed by atoms with van der Waals surface area (Å²) in [5, 5.41) is 3.23. The zero-order chi connectivity index (χ0) is 14.8. The first kappa shape index (κ1) is 16.2. The molecule has 1 N–H and O–H groups in total. The van der Waals surface area contributed by atoms with Gasteiger partial charge in [0.05, 0.1) is 23.2 Å². The summed E-state index contributed by atoms with van der Waals surface area (Å²) in [5.41, 5.74) is 0. The van der Waals surface area contributed by atoms with Crippen LogP contribution in [0.15, 0.2) is 0 Å². The first-order valence-corrected chi connectivity index (χ1v) is 9.23. The van der Waals surface area contributed by atoms with Gasteiger partial charge in [0.2, 0.25) is 0 Å². The summed E-state index contributed by atoms with van der Waals surface area (Å²) in [6.07, 6.45) is 2.73. The minimum atomic E-state index is -3.03. The Hall–Kier alpha value is -0.170. The molecule has 6 heteroatoms. The fourth-order valence-corrected chi connectivity index (χ4v) is 3.81. The van der Waals surface area contributed by atoms with Crippen LogP contribution < -0.4 is 5.32 Å². The molecule has 5 nitrogen and oxygen atoms in total. The Balaban J connectivity index is 1.67. The number of sulfone groups is 1. The molecule has 0 radical (unpaired) electrons. The highest BCUT2D eigenvalue weighted by Crippen LogP contribution is 2.22. The summed E-state index contributed by atoms with van der Waals surface area (Å²) in [4.78, 5) is 2.50. The van der Waals surface area contributed by atoms with Crippen LogP contribution in [-0.4, -0.2) is 68.7 Å². The minimum Gasteiger partial charge on any atom is -0.374 e. The molecule has 2 atom stereocenters. The van der Waals surface area contributed by atoms with Crippen molar-refractivity contribution in [3.05, 3.63) is 0 Å². The summed E-state index contributed by atoms with van der Waals surface area (Å²) in [7, 11) is -3.03. The zero-order valence-electron chi connectivity index (χ0n) is 12.9. The number of nitrogens with one attached hydrogen (secondary N) is 1. The Labute approximate surface area is 123 Å². The number of ether oxygens (including phenoxy) is 1. The van der Waals surface area contributed by atoms with Crippen molar-refractivity contribution in [1.82, 2.24) is 10.2 Å². The monoisotopic (exact) mass is 304 g/mol. The van der Waals surface area contributed by atoms with Crippen molar-refractivity contribution in [3.63, 3.8) is 0 Å². The van der Waals surface area contributed by atoms with Crippen molar-refractivity contribution in [1.29, 1.82) is 0 Å². The van der Waals surface area contributed by atoms with Crippen LogP contribution in [0, 0.1) is 0 Å². The van der Waals surface area contributed by atoms with Crippen LogP contribution in [0.25, 0.3) is 0 Å². The Kier molecular flexibility index (Phi) is 5.10. The SMILES string of the molecule is CC(C)(C)S(=O)(=O)CCNCC1CN2CCCC2CO1. The number of hydrogen-bond acceptors (Lipinski definition) is 5. The molecule has 2 rings (SSSR count). The summed E-state index contributed by atoms with van der Waals surface area (Å²) in [6.45, 7) is 9.48. The van der Waals surface area contributed by atoms with Gasteiger partial charge in [-0.3, -0.25) is 4.90 Å². The Morgan fingerprint density at radius 1 is 1.35 bits per heavy atom. The average molecular weight is 304 g/mol. The van der Waals surface area contributed by atoms with Gasteiger partial charge in [-0.05, 0) is 40.2 Å². The lowest BCUT2D eigenvalue weighted by Gasteiger charge is -2.35. The van der Waals surface area contributed by atoms with Crippen LogP contribution in [-0.2, 0) is 14.6 Å². The molecule has 0 amide bonds. The molecule has 2 unspecified atom stereocenters. The van der Waals surface area contributed by atoms with Crippen LogP contribution in [0.5, 0.6) is 0 Å². The van der Waals surface area contributed by atoms with Crippen molar-refractivity contribution in [2.75, 3.05) is 38.5 Å². The molecule has 0 bridgehead atoms. The lowest BCUT2D eigenvalue weighted by atomic mass is 10.2. The van der Waals surface area contributed by atoms with Gasteiger partial charge in [0.15, 0.2) is 9.84 Å². The Morgan fingerprint density at radius 3 is 2.80 bits per heavy atom. The first-order valence-electron chi connectivity index (χ1n) is 7.58. The second kappa shape index (κ2) is 6.30. The molecule has 0 aromatic rings. The number of hydrogen-bond donors (Lipinski definition) is 1. The van der Waals surface area contributed by atoms with Crippen molar-refractivity contribution < 1.29 is 13.2 Å². The fraction of sp³-hybridized carbons (Fsp3) is 1.00. The second-order valence-corrected chi connectivity index (χ2v) is 9.74. The molecular weight excluding hydrogens is 276 g/mol. The quantitative estimate of drug-likeness (QED) is 0.756. The van der Waals surface area contributed by atoms with Crippen molar-refractivity contribution in [2.24, 2.45) is 0 Å². The molecule has 2 saturated heterocycles. The highest BCUT2D eigenvalue weighted by molar-refractivity contribution is 7.92. The van der Waals surface area contributed by atoms with Gasteiger partial charge in [-0.25, -0.2) is 8.42 Å². The Morgan fingerprint density at radius 2 is 2.10 bits per heavy atom. The summed E-state index contributed by atoms with van der Waals surface area (Å²) < 4.78 is 29.1. The lowest BCUT2D eigenvalue weighted by Crippen LogP contribution is -2.49. The van der Waals surface area contributed by atoms with E-state index in [1.807, 2.05) is 0 Å². The van der Waals surface area contributed by atoms with E-state index in [0.717, 1.165) is 19.7 Å². The van der Waals surface area contributed by atoms with Crippen LogP contribution in [0.2, 0.25) is 0 Å². The maximum Gasteiger partial charge on any atom is 0.156 e. The van der Waals surface area contributed by atoms with E-state index in [1.54, 1.807) is 20.8 Å². The molecule has 2 heterocycles. The van der Waals surface area contributed by atoms with E-state index in [0.29, 0.717) is 12.6 Å². The highest BCUT2D eigenvalue weighted by atomic mass is 32.2. The molecule has 2 aliphatic rings. The van der Waals surface area contributed by atoms with Crippen molar-refractivity contribution >= 4 is 9.84 Å². The molecule has 20 heavy (non-hydrogen) atoms. The van der Waals surface area contributed by atoms with E-state index in [1.165, 1.54) is 19.4 Å². The van der Waals surface area contributed by atoms with E-state index in [4.69, 9.17) is 4.74 Å². The van der Waals surface area contributed by atoms with Crippen molar-refractivity contribution in [3.8, 4) is 0 Å². The smallest absolute Gasteiger partial charge is 0.156 e. The third-order valence-electron chi connectivity index (χ3n) is 4.31. The van der Waals surface area contributed by atoms with Crippen LogP contribution >= 0.6 is 0 Å². The van der Waals surface area contributed by atoms with Gasteiger partial charge < -0.3 is 10.1 Å². The van der Waals surface area contributed by atoms with Gasteiger partial charge in [-0.1, -0.05) is 0 Å². The number of morpholine rings is 1. The largest absolute Gasteiger partial charge is 0.374 e. The summed E-state index contributed by atoms with van der Waals surface area (Å²) in [6, 6.07) is 0.618. The van der Waals surface area contributed by atoms with Crippen LogP contribution in [0.3, 0.4) is 0 Å². The predicted octanol–water partition coefficient (Wildman–Crippen LogP) is 0.653. The molecule has 0 aromatic carbocycles. The van der Waals surface area contributed by atoms with Crippen molar-refractivity contribution in [2.45, 2.75) is 50.5 Å². The number of fused-ring (bicyclic) bond motifs is 1. The Bertz CT molecular complexity index is 417. The summed E-state index contributed by atoms with van der Waals surface area (Å²) in [5.74, 6) is 0.190. The van der Waals surface area contributed by atoms with Gasteiger partial charge in [0.1, 0.15) is 0 Å². The van der Waals surface area contributed by atoms with E-state index in [9.17, 15) is 8.42 Å². The van der Waals surface area contributed by atoms with Crippen LogP contribution in [0.1, 0.15) is 33.6 Å².